The van der Waals surface area contributed by atoms with Crippen molar-refractivity contribution in [1.29, 1.82) is 0 Å². The van der Waals surface area contributed by atoms with Gasteiger partial charge in [-0.3, -0.25) is 0 Å². The highest BCUT2D eigenvalue weighted by molar-refractivity contribution is 6.76. The predicted octanol–water partition coefficient (Wildman–Crippen LogP) is 3.37. The van der Waals surface area contributed by atoms with Crippen LogP contribution in [0.4, 0.5) is 0 Å². The second kappa shape index (κ2) is 4.54. The van der Waals surface area contributed by atoms with Crippen LogP contribution in [0.15, 0.2) is 0 Å². The topological polar surface area (TPSA) is 20.2 Å². The van der Waals surface area contributed by atoms with Gasteiger partial charge in [0.25, 0.3) is 0 Å². The molecule has 1 rings (SSSR count). The van der Waals surface area contributed by atoms with Crippen LogP contribution in [-0.4, -0.2) is 19.3 Å². The number of hydrogen-bond acceptors (Lipinski definition) is 1. The van der Waals surface area contributed by atoms with Crippen LogP contribution >= 0.6 is 0 Å². The Hall–Kier alpha value is -0.263. The van der Waals surface area contributed by atoms with Gasteiger partial charge in [0.05, 0.1) is 6.10 Å². The van der Waals surface area contributed by atoms with Crippen molar-refractivity contribution in [3.63, 3.8) is 0 Å². The normalized spacial score (nSPS) is 34.4. The molecule has 92 valence electrons. The molecule has 0 spiro atoms. The molecule has 0 unspecified atom stereocenters. The lowest BCUT2D eigenvalue weighted by atomic mass is 9.65. The standard InChI is InChI=1S/C14H26OSi/c1-7-12-8-11(10-16(4,5)6)13(15)9-14(12,2)3/h1,11-13,15H,8-10H2,2-6H3/t11-,12+,13-/m0/s1. The van der Waals surface area contributed by atoms with E-state index in [2.05, 4.69) is 39.4 Å². The molecule has 16 heavy (non-hydrogen) atoms. The summed E-state index contributed by atoms with van der Waals surface area (Å²) in [6, 6.07) is 1.20. The molecule has 3 atom stereocenters. The fourth-order valence-corrected chi connectivity index (χ4v) is 4.94. The molecule has 0 aliphatic heterocycles. The number of hydrogen-bond donors (Lipinski definition) is 1. The summed E-state index contributed by atoms with van der Waals surface area (Å²) in [6.07, 6.45) is 7.35. The summed E-state index contributed by atoms with van der Waals surface area (Å²) in [5.41, 5.74) is 0.101. The van der Waals surface area contributed by atoms with E-state index in [0.29, 0.717) is 11.8 Å². The van der Waals surface area contributed by atoms with Gasteiger partial charge in [-0.25, -0.2) is 0 Å². The minimum Gasteiger partial charge on any atom is -0.393 e. The molecule has 1 saturated carbocycles. The van der Waals surface area contributed by atoms with E-state index in [1.165, 1.54) is 6.04 Å². The molecule has 0 radical (unpaired) electrons. The summed E-state index contributed by atoms with van der Waals surface area (Å²) in [5, 5.41) is 10.2. The Bertz CT molecular complexity index is 282. The Morgan fingerprint density at radius 2 is 1.94 bits per heavy atom. The average molecular weight is 238 g/mol. The Kier molecular flexibility index (Phi) is 3.92. The third-order valence-electron chi connectivity index (χ3n) is 3.84. The van der Waals surface area contributed by atoms with Gasteiger partial charge in [-0.05, 0) is 24.2 Å². The second-order valence-corrected chi connectivity index (χ2v) is 12.8. The first-order valence-electron chi connectivity index (χ1n) is 6.30. The molecule has 0 aromatic carbocycles. The van der Waals surface area contributed by atoms with E-state index in [-0.39, 0.29) is 11.5 Å². The average Bonchev–Trinajstić information content (AvgIpc) is 2.06. The highest BCUT2D eigenvalue weighted by Gasteiger charge is 2.41. The van der Waals surface area contributed by atoms with Gasteiger partial charge >= 0.3 is 0 Å². The third kappa shape index (κ3) is 3.36. The van der Waals surface area contributed by atoms with Crippen LogP contribution < -0.4 is 0 Å². The molecule has 0 bridgehead atoms. The summed E-state index contributed by atoms with van der Waals surface area (Å²) in [4.78, 5) is 0. The van der Waals surface area contributed by atoms with Crippen LogP contribution in [0.25, 0.3) is 0 Å². The predicted molar refractivity (Wildman–Crippen MR) is 73.0 cm³/mol. The van der Waals surface area contributed by atoms with E-state index in [9.17, 15) is 5.11 Å². The van der Waals surface area contributed by atoms with Gasteiger partial charge in [0.2, 0.25) is 0 Å². The van der Waals surface area contributed by atoms with E-state index in [0.717, 1.165) is 12.8 Å². The summed E-state index contributed by atoms with van der Waals surface area (Å²) in [5.74, 6) is 3.70. The maximum Gasteiger partial charge on any atom is 0.0571 e. The quantitative estimate of drug-likeness (QED) is 0.578. The van der Waals surface area contributed by atoms with Gasteiger partial charge in [0.15, 0.2) is 0 Å². The summed E-state index contributed by atoms with van der Waals surface area (Å²) >= 11 is 0. The van der Waals surface area contributed by atoms with Crippen LogP contribution in [0, 0.1) is 29.6 Å². The SMILES string of the molecule is C#C[C@@H]1C[C@@H](C[Si](C)(C)C)[C@@H](O)CC1(C)C. The number of rotatable bonds is 2. The van der Waals surface area contributed by atoms with Crippen LogP contribution in [0.5, 0.6) is 0 Å². The third-order valence-corrected chi connectivity index (χ3v) is 5.59. The Balaban J connectivity index is 2.74. The molecule has 2 heteroatoms. The maximum absolute atomic E-state index is 10.2. The molecule has 0 saturated heterocycles. The van der Waals surface area contributed by atoms with E-state index in [1.54, 1.807) is 0 Å². The minimum absolute atomic E-state index is 0.101. The summed E-state index contributed by atoms with van der Waals surface area (Å²) < 4.78 is 0. The van der Waals surface area contributed by atoms with Gasteiger partial charge in [0, 0.05) is 14.0 Å². The highest BCUT2D eigenvalue weighted by atomic mass is 28.3. The smallest absolute Gasteiger partial charge is 0.0571 e. The first kappa shape index (κ1) is 13.8. The molecule has 1 fully saturated rings. The van der Waals surface area contributed by atoms with Gasteiger partial charge in [0.1, 0.15) is 0 Å². The van der Waals surface area contributed by atoms with E-state index < -0.39 is 8.07 Å². The van der Waals surface area contributed by atoms with Crippen LogP contribution in [0.1, 0.15) is 26.7 Å². The highest BCUT2D eigenvalue weighted by Crippen LogP contribution is 2.45. The zero-order chi connectivity index (χ0) is 12.6. The molecular weight excluding hydrogens is 212 g/mol. The number of aliphatic hydroxyl groups is 1. The van der Waals surface area contributed by atoms with Crippen LogP contribution in [-0.2, 0) is 0 Å². The largest absolute Gasteiger partial charge is 0.393 e. The minimum atomic E-state index is -1.10. The van der Waals surface area contributed by atoms with Crippen molar-refractivity contribution in [2.75, 3.05) is 0 Å². The van der Waals surface area contributed by atoms with Crippen molar-refractivity contribution in [1.82, 2.24) is 0 Å². The van der Waals surface area contributed by atoms with Crippen molar-refractivity contribution in [3.05, 3.63) is 0 Å². The fraction of sp³-hybridized carbons (Fsp3) is 0.857. The van der Waals surface area contributed by atoms with Crippen LogP contribution in [0.2, 0.25) is 25.7 Å². The Morgan fingerprint density at radius 1 is 1.38 bits per heavy atom. The lowest BCUT2D eigenvalue weighted by Crippen LogP contribution is -2.42. The molecule has 0 aromatic heterocycles. The van der Waals surface area contributed by atoms with Gasteiger partial charge in [-0.15, -0.1) is 12.3 Å². The number of terminal acetylenes is 1. The Morgan fingerprint density at radius 3 is 2.38 bits per heavy atom. The Labute approximate surface area is 102 Å². The first-order valence-corrected chi connectivity index (χ1v) is 10.0. The molecule has 1 N–H and O–H groups in total. The lowest BCUT2D eigenvalue weighted by molar-refractivity contribution is 0.00127. The van der Waals surface area contributed by atoms with Gasteiger partial charge in [-0.1, -0.05) is 39.5 Å². The van der Waals surface area contributed by atoms with Crippen molar-refractivity contribution < 1.29 is 5.11 Å². The second-order valence-electron chi connectivity index (χ2n) is 7.24. The zero-order valence-corrected chi connectivity index (χ0v) is 12.4. The first-order chi connectivity index (χ1) is 7.15. The van der Waals surface area contributed by atoms with Gasteiger partial charge in [-0.2, -0.15) is 0 Å². The van der Waals surface area contributed by atoms with Crippen molar-refractivity contribution >= 4 is 8.07 Å². The van der Waals surface area contributed by atoms with Crippen molar-refractivity contribution in [3.8, 4) is 12.3 Å². The molecule has 0 heterocycles. The molecule has 0 amide bonds. The van der Waals surface area contributed by atoms with Crippen molar-refractivity contribution in [2.45, 2.75) is 58.5 Å². The molecular formula is C14H26OSi. The molecule has 1 aliphatic carbocycles. The van der Waals surface area contributed by atoms with E-state index >= 15 is 0 Å². The lowest BCUT2D eigenvalue weighted by Gasteiger charge is -2.44. The van der Waals surface area contributed by atoms with Crippen LogP contribution in [0.3, 0.4) is 0 Å². The van der Waals surface area contributed by atoms with Crippen molar-refractivity contribution in [2.24, 2.45) is 17.3 Å². The molecule has 1 aliphatic rings. The monoisotopic (exact) mass is 238 g/mol. The number of aliphatic hydroxyl groups excluding tert-OH is 1. The molecule has 0 aromatic rings. The zero-order valence-electron chi connectivity index (χ0n) is 11.4. The summed E-state index contributed by atoms with van der Waals surface area (Å²) in [7, 11) is -1.10. The summed E-state index contributed by atoms with van der Waals surface area (Å²) in [6.45, 7) is 11.5. The maximum atomic E-state index is 10.2. The van der Waals surface area contributed by atoms with E-state index in [4.69, 9.17) is 6.42 Å². The molecule has 1 nitrogen and oxygen atoms in total. The van der Waals surface area contributed by atoms with E-state index in [1.807, 2.05) is 0 Å². The van der Waals surface area contributed by atoms with Gasteiger partial charge < -0.3 is 5.11 Å². The fourth-order valence-electron chi connectivity index (χ4n) is 2.93.